The van der Waals surface area contributed by atoms with Gasteiger partial charge in [-0.1, -0.05) is 24.3 Å². The van der Waals surface area contributed by atoms with Crippen molar-refractivity contribution in [1.29, 1.82) is 0 Å². The summed E-state index contributed by atoms with van der Waals surface area (Å²) in [7, 11) is 0. The summed E-state index contributed by atoms with van der Waals surface area (Å²) in [5, 5.41) is 5.07. The van der Waals surface area contributed by atoms with Gasteiger partial charge in [0, 0.05) is 17.0 Å². The van der Waals surface area contributed by atoms with Crippen molar-refractivity contribution in [2.75, 3.05) is 6.54 Å². The van der Waals surface area contributed by atoms with Gasteiger partial charge in [-0.25, -0.2) is 9.38 Å². The first kappa shape index (κ1) is 13.5. The number of rotatable bonds is 5. The number of nitrogens with one attached hydrogen (secondary N) is 1. The third kappa shape index (κ3) is 4.37. The highest BCUT2D eigenvalue weighted by atomic mass is 32.1. The topological polar surface area (TPSA) is 50.4 Å². The van der Waals surface area contributed by atoms with Crippen LogP contribution in [0.4, 0.5) is 4.39 Å². The van der Waals surface area contributed by atoms with E-state index in [1.165, 1.54) is 10.9 Å². The van der Waals surface area contributed by atoms with Crippen LogP contribution in [0.1, 0.15) is 10.4 Å². The molecule has 0 atom stereocenters. The van der Waals surface area contributed by atoms with E-state index >= 15 is 0 Å². The van der Waals surface area contributed by atoms with Crippen molar-refractivity contribution in [2.24, 2.45) is 10.7 Å². The Morgan fingerprint density at radius 3 is 2.84 bits per heavy atom. The molecule has 0 fully saturated rings. The molecule has 0 radical (unpaired) electrons. The first-order valence-electron chi connectivity index (χ1n) is 6.05. The third-order valence-electron chi connectivity index (χ3n) is 2.64. The molecule has 5 heteroatoms. The predicted molar refractivity (Wildman–Crippen MR) is 77.8 cm³/mol. The molecule has 0 aliphatic heterocycles. The van der Waals surface area contributed by atoms with Gasteiger partial charge >= 0.3 is 0 Å². The molecule has 3 N–H and O–H groups in total. The van der Waals surface area contributed by atoms with Crippen molar-refractivity contribution in [3.8, 4) is 0 Å². The molecule has 0 amide bonds. The number of guanidine groups is 1. The Hall–Kier alpha value is -1.88. The Morgan fingerprint density at radius 1 is 1.26 bits per heavy atom. The second-order valence-corrected chi connectivity index (χ2v) is 5.08. The maximum absolute atomic E-state index is 13.3. The maximum Gasteiger partial charge on any atom is 0.188 e. The molecular formula is C14H16FN3S. The van der Waals surface area contributed by atoms with Crippen molar-refractivity contribution in [2.45, 2.75) is 13.0 Å². The second kappa shape index (κ2) is 6.89. The van der Waals surface area contributed by atoms with E-state index in [-0.39, 0.29) is 12.4 Å². The van der Waals surface area contributed by atoms with Gasteiger partial charge in [0.05, 0.1) is 6.54 Å². The molecule has 19 heavy (non-hydrogen) atoms. The van der Waals surface area contributed by atoms with Crippen LogP contribution < -0.4 is 11.1 Å². The summed E-state index contributed by atoms with van der Waals surface area (Å²) in [6, 6.07) is 10.7. The van der Waals surface area contributed by atoms with Crippen LogP contribution in [0, 0.1) is 5.82 Å². The number of aliphatic imine (C=N–C) groups is 1. The lowest BCUT2D eigenvalue weighted by molar-refractivity contribution is 0.610. The van der Waals surface area contributed by atoms with Crippen molar-refractivity contribution in [3.05, 3.63) is 58.0 Å². The normalized spacial score (nSPS) is 11.5. The van der Waals surface area contributed by atoms with Gasteiger partial charge in [0.1, 0.15) is 5.82 Å². The van der Waals surface area contributed by atoms with E-state index in [0.29, 0.717) is 11.5 Å². The lowest BCUT2D eigenvalue weighted by Crippen LogP contribution is -2.33. The summed E-state index contributed by atoms with van der Waals surface area (Å²) >= 11 is 1.72. The van der Waals surface area contributed by atoms with Gasteiger partial charge in [-0.3, -0.25) is 0 Å². The first-order chi connectivity index (χ1) is 9.25. The maximum atomic E-state index is 13.3. The van der Waals surface area contributed by atoms with Crippen molar-refractivity contribution in [3.63, 3.8) is 0 Å². The molecule has 1 aromatic heterocycles. The SMILES string of the molecule is NC(=NCc1ccccc1F)NCCc1cccs1. The number of hydrogen-bond donors (Lipinski definition) is 2. The largest absolute Gasteiger partial charge is 0.370 e. The molecule has 1 heterocycles. The number of thiophene rings is 1. The minimum Gasteiger partial charge on any atom is -0.370 e. The van der Waals surface area contributed by atoms with Gasteiger partial charge in [0.2, 0.25) is 0 Å². The van der Waals surface area contributed by atoms with Crippen LogP contribution in [0.5, 0.6) is 0 Å². The Labute approximate surface area is 116 Å². The first-order valence-corrected chi connectivity index (χ1v) is 6.93. The van der Waals surface area contributed by atoms with E-state index in [1.807, 2.05) is 11.4 Å². The van der Waals surface area contributed by atoms with Gasteiger partial charge in [-0.05, 0) is 23.9 Å². The molecule has 0 unspecified atom stereocenters. The zero-order valence-electron chi connectivity index (χ0n) is 10.5. The van der Waals surface area contributed by atoms with Gasteiger partial charge in [0.25, 0.3) is 0 Å². The highest BCUT2D eigenvalue weighted by Gasteiger charge is 1.99. The average Bonchev–Trinajstić information content (AvgIpc) is 2.91. The van der Waals surface area contributed by atoms with Gasteiger partial charge in [-0.2, -0.15) is 0 Å². The minimum atomic E-state index is -0.252. The van der Waals surface area contributed by atoms with E-state index in [9.17, 15) is 4.39 Å². The fourth-order valence-electron chi connectivity index (χ4n) is 1.62. The smallest absolute Gasteiger partial charge is 0.188 e. The van der Waals surface area contributed by atoms with Crippen molar-refractivity contribution < 1.29 is 4.39 Å². The monoisotopic (exact) mass is 277 g/mol. The summed E-state index contributed by atoms with van der Waals surface area (Å²) in [5.41, 5.74) is 6.28. The van der Waals surface area contributed by atoms with E-state index in [1.54, 1.807) is 29.5 Å². The molecule has 2 rings (SSSR count). The molecule has 2 aromatic rings. The summed E-state index contributed by atoms with van der Waals surface area (Å²) in [6.45, 7) is 0.984. The molecular weight excluding hydrogens is 261 g/mol. The van der Waals surface area contributed by atoms with Gasteiger partial charge in [0.15, 0.2) is 5.96 Å². The Balaban J connectivity index is 1.78. The average molecular weight is 277 g/mol. The van der Waals surface area contributed by atoms with Crippen LogP contribution in [0.15, 0.2) is 46.8 Å². The highest BCUT2D eigenvalue weighted by molar-refractivity contribution is 7.09. The van der Waals surface area contributed by atoms with E-state index in [0.717, 1.165) is 13.0 Å². The summed E-state index contributed by atoms with van der Waals surface area (Å²) in [4.78, 5) is 5.42. The number of nitrogens with zero attached hydrogens (tertiary/aromatic N) is 1. The van der Waals surface area contributed by atoms with Gasteiger partial charge in [-0.15, -0.1) is 11.3 Å². The Bertz CT molecular complexity index is 537. The molecule has 0 saturated carbocycles. The number of nitrogens with two attached hydrogens (primary N) is 1. The summed E-state index contributed by atoms with van der Waals surface area (Å²) in [6.07, 6.45) is 0.910. The van der Waals surface area contributed by atoms with Crippen molar-refractivity contribution >= 4 is 17.3 Å². The molecule has 3 nitrogen and oxygen atoms in total. The standard InChI is InChI=1S/C14H16FN3S/c15-13-6-2-1-4-11(13)10-18-14(16)17-8-7-12-5-3-9-19-12/h1-6,9H,7-8,10H2,(H3,16,17,18). The zero-order chi connectivity index (χ0) is 13.5. The quantitative estimate of drug-likeness (QED) is 0.652. The third-order valence-corrected chi connectivity index (χ3v) is 3.57. The Kier molecular flexibility index (Phi) is 4.92. The number of benzene rings is 1. The molecule has 1 aromatic carbocycles. The van der Waals surface area contributed by atoms with E-state index < -0.39 is 0 Å². The van der Waals surface area contributed by atoms with Gasteiger partial charge < -0.3 is 11.1 Å². The second-order valence-electron chi connectivity index (χ2n) is 4.05. The van der Waals surface area contributed by atoms with Crippen LogP contribution in [0.2, 0.25) is 0 Å². The van der Waals surface area contributed by atoms with Crippen LogP contribution in [0.3, 0.4) is 0 Å². The molecule has 0 spiro atoms. The summed E-state index contributed by atoms with van der Waals surface area (Å²) < 4.78 is 13.3. The summed E-state index contributed by atoms with van der Waals surface area (Å²) in [5.74, 6) is 0.0949. The molecule has 0 aliphatic rings. The molecule has 100 valence electrons. The molecule has 0 bridgehead atoms. The lowest BCUT2D eigenvalue weighted by atomic mass is 10.2. The van der Waals surface area contributed by atoms with E-state index in [4.69, 9.17) is 5.73 Å². The van der Waals surface area contributed by atoms with Crippen molar-refractivity contribution in [1.82, 2.24) is 5.32 Å². The number of hydrogen-bond acceptors (Lipinski definition) is 2. The van der Waals surface area contributed by atoms with Crippen LogP contribution >= 0.6 is 11.3 Å². The number of halogens is 1. The fourth-order valence-corrected chi connectivity index (χ4v) is 2.33. The van der Waals surface area contributed by atoms with E-state index in [2.05, 4.69) is 16.4 Å². The highest BCUT2D eigenvalue weighted by Crippen LogP contribution is 2.08. The lowest BCUT2D eigenvalue weighted by Gasteiger charge is -2.05. The predicted octanol–water partition coefficient (Wildman–Crippen LogP) is 2.53. The molecule has 0 aliphatic carbocycles. The minimum absolute atomic E-state index is 0.252. The van der Waals surface area contributed by atoms with Crippen LogP contribution in [-0.4, -0.2) is 12.5 Å². The Morgan fingerprint density at radius 2 is 2.11 bits per heavy atom. The zero-order valence-corrected chi connectivity index (χ0v) is 11.3. The fraction of sp³-hybridized carbons (Fsp3) is 0.214. The van der Waals surface area contributed by atoms with Crippen LogP contribution in [0.25, 0.3) is 0 Å². The van der Waals surface area contributed by atoms with Crippen LogP contribution in [-0.2, 0) is 13.0 Å². The molecule has 0 saturated heterocycles.